The first kappa shape index (κ1) is 15.2. The monoisotopic (exact) mass is 248 g/mol. The van der Waals surface area contributed by atoms with Crippen LogP contribution in [0.4, 0.5) is 0 Å². The topological polar surface area (TPSA) is 24.1 Å². The molecule has 0 radical (unpaired) electrons. The van der Waals surface area contributed by atoms with Gasteiger partial charge in [-0.25, -0.2) is 0 Å². The molecule has 0 atom stereocenters. The summed E-state index contributed by atoms with van der Waals surface area (Å²) >= 11 is 0. The number of benzene rings is 1. The summed E-state index contributed by atoms with van der Waals surface area (Å²) in [5.74, 6) is 0.742. The predicted octanol–water partition coefficient (Wildman–Crippen LogP) is 2.76. The Balaban J connectivity index is 1.96. The summed E-state index contributed by atoms with van der Waals surface area (Å²) in [7, 11) is 0. The van der Waals surface area contributed by atoms with Crippen molar-refractivity contribution < 1.29 is 0 Å². The molecule has 1 aromatic carbocycles. The third kappa shape index (κ3) is 7.46. The fourth-order valence-corrected chi connectivity index (χ4v) is 1.98. The van der Waals surface area contributed by atoms with Crippen LogP contribution in [0.3, 0.4) is 0 Å². The molecule has 0 saturated carbocycles. The van der Waals surface area contributed by atoms with Gasteiger partial charge in [0.05, 0.1) is 0 Å². The number of nitrogens with one attached hydrogen (secondary N) is 2. The Kier molecular flexibility index (Phi) is 7.70. The first-order valence-electron chi connectivity index (χ1n) is 7.15. The molecular weight excluding hydrogens is 220 g/mol. The third-order valence-electron chi connectivity index (χ3n) is 2.93. The summed E-state index contributed by atoms with van der Waals surface area (Å²) in [4.78, 5) is 0. The molecule has 0 amide bonds. The maximum atomic E-state index is 3.48. The Morgan fingerprint density at radius 2 is 1.83 bits per heavy atom. The lowest BCUT2D eigenvalue weighted by Crippen LogP contribution is -2.30. The van der Waals surface area contributed by atoms with Gasteiger partial charge < -0.3 is 10.6 Å². The molecule has 0 unspecified atom stereocenters. The average Bonchev–Trinajstić information content (AvgIpc) is 2.32. The van der Waals surface area contributed by atoms with Crippen LogP contribution in [0, 0.1) is 12.8 Å². The Bertz CT molecular complexity index is 321. The van der Waals surface area contributed by atoms with E-state index in [2.05, 4.69) is 55.7 Å². The van der Waals surface area contributed by atoms with E-state index in [1.54, 1.807) is 0 Å². The molecular formula is C16H28N2. The van der Waals surface area contributed by atoms with Crippen molar-refractivity contribution in [3.8, 4) is 0 Å². The highest BCUT2D eigenvalue weighted by atomic mass is 14.9. The predicted molar refractivity (Wildman–Crippen MR) is 80.1 cm³/mol. The molecule has 0 aliphatic rings. The van der Waals surface area contributed by atoms with Crippen molar-refractivity contribution in [2.24, 2.45) is 5.92 Å². The van der Waals surface area contributed by atoms with Gasteiger partial charge in [-0.05, 0) is 44.3 Å². The molecule has 0 heterocycles. The van der Waals surface area contributed by atoms with Gasteiger partial charge in [-0.2, -0.15) is 0 Å². The van der Waals surface area contributed by atoms with Crippen molar-refractivity contribution >= 4 is 0 Å². The molecule has 1 aromatic rings. The second-order valence-electron chi connectivity index (χ2n) is 5.44. The molecule has 2 heteroatoms. The van der Waals surface area contributed by atoms with Crippen LogP contribution in [0.2, 0.25) is 0 Å². The van der Waals surface area contributed by atoms with Gasteiger partial charge in [-0.15, -0.1) is 0 Å². The van der Waals surface area contributed by atoms with Gasteiger partial charge in [0.2, 0.25) is 0 Å². The SMILES string of the molecule is Cc1cccc(CCCNCCNCC(C)C)c1. The highest BCUT2D eigenvalue weighted by Gasteiger charge is 1.95. The van der Waals surface area contributed by atoms with Gasteiger partial charge in [0.25, 0.3) is 0 Å². The summed E-state index contributed by atoms with van der Waals surface area (Å²) in [6.45, 7) is 11.0. The minimum Gasteiger partial charge on any atom is -0.315 e. The standard InChI is InChI=1S/C16H28N2/c1-14(2)13-18-11-10-17-9-5-8-16-7-4-6-15(3)12-16/h4,6-7,12,14,17-18H,5,8-11,13H2,1-3H3. The Morgan fingerprint density at radius 3 is 2.56 bits per heavy atom. The van der Waals surface area contributed by atoms with Gasteiger partial charge in [-0.1, -0.05) is 43.7 Å². The number of rotatable bonds is 9. The Labute approximate surface area is 112 Å². The number of hydrogen-bond acceptors (Lipinski definition) is 2. The normalized spacial score (nSPS) is 11.1. The quantitative estimate of drug-likeness (QED) is 0.657. The lowest BCUT2D eigenvalue weighted by molar-refractivity contribution is 0.532. The van der Waals surface area contributed by atoms with Gasteiger partial charge in [0.15, 0.2) is 0 Å². The van der Waals surface area contributed by atoms with Crippen molar-refractivity contribution in [2.45, 2.75) is 33.6 Å². The van der Waals surface area contributed by atoms with Gasteiger partial charge in [-0.3, -0.25) is 0 Å². The van der Waals surface area contributed by atoms with Crippen molar-refractivity contribution in [2.75, 3.05) is 26.2 Å². The van der Waals surface area contributed by atoms with Crippen LogP contribution in [-0.2, 0) is 6.42 Å². The van der Waals surface area contributed by atoms with Crippen molar-refractivity contribution in [3.05, 3.63) is 35.4 Å². The Morgan fingerprint density at radius 1 is 1.06 bits per heavy atom. The van der Waals surface area contributed by atoms with Gasteiger partial charge >= 0.3 is 0 Å². The second-order valence-corrected chi connectivity index (χ2v) is 5.44. The molecule has 0 aromatic heterocycles. The highest BCUT2D eigenvalue weighted by molar-refractivity contribution is 5.22. The van der Waals surface area contributed by atoms with E-state index in [1.165, 1.54) is 24.0 Å². The van der Waals surface area contributed by atoms with Gasteiger partial charge in [0, 0.05) is 13.1 Å². The summed E-state index contributed by atoms with van der Waals surface area (Å²) in [5, 5.41) is 6.92. The zero-order chi connectivity index (χ0) is 13.2. The molecule has 2 N–H and O–H groups in total. The fraction of sp³-hybridized carbons (Fsp3) is 0.625. The summed E-state index contributed by atoms with van der Waals surface area (Å²) in [5.41, 5.74) is 2.81. The first-order valence-corrected chi connectivity index (χ1v) is 7.15. The van der Waals surface area contributed by atoms with Gasteiger partial charge in [0.1, 0.15) is 0 Å². The maximum Gasteiger partial charge on any atom is 0.00768 e. The second kappa shape index (κ2) is 9.12. The average molecular weight is 248 g/mol. The number of aryl methyl sites for hydroxylation is 2. The summed E-state index contributed by atoms with van der Waals surface area (Å²) in [6.07, 6.45) is 2.39. The van der Waals surface area contributed by atoms with Crippen molar-refractivity contribution in [3.63, 3.8) is 0 Å². The van der Waals surface area contributed by atoms with E-state index in [9.17, 15) is 0 Å². The largest absolute Gasteiger partial charge is 0.315 e. The maximum absolute atomic E-state index is 3.48. The fourth-order valence-electron chi connectivity index (χ4n) is 1.98. The molecule has 0 spiro atoms. The van der Waals surface area contributed by atoms with Crippen LogP contribution in [-0.4, -0.2) is 26.2 Å². The lowest BCUT2D eigenvalue weighted by Gasteiger charge is -2.08. The molecule has 0 saturated heterocycles. The van der Waals surface area contributed by atoms with Crippen LogP contribution < -0.4 is 10.6 Å². The summed E-state index contributed by atoms with van der Waals surface area (Å²) < 4.78 is 0. The summed E-state index contributed by atoms with van der Waals surface area (Å²) in [6, 6.07) is 8.80. The smallest absolute Gasteiger partial charge is 0.00768 e. The van der Waals surface area contributed by atoms with E-state index in [0.29, 0.717) is 0 Å². The van der Waals surface area contributed by atoms with Crippen LogP contribution >= 0.6 is 0 Å². The molecule has 1 rings (SSSR count). The number of hydrogen-bond donors (Lipinski definition) is 2. The van der Waals surface area contributed by atoms with Crippen molar-refractivity contribution in [1.82, 2.24) is 10.6 Å². The molecule has 0 aliphatic heterocycles. The van der Waals surface area contributed by atoms with Crippen LogP contribution in [0.25, 0.3) is 0 Å². The zero-order valence-corrected chi connectivity index (χ0v) is 12.1. The van der Waals surface area contributed by atoms with E-state index in [4.69, 9.17) is 0 Å². The van der Waals surface area contributed by atoms with Crippen LogP contribution in [0.15, 0.2) is 24.3 Å². The minimum absolute atomic E-state index is 0.742. The van der Waals surface area contributed by atoms with Crippen LogP contribution in [0.1, 0.15) is 31.4 Å². The van der Waals surface area contributed by atoms with E-state index >= 15 is 0 Å². The third-order valence-corrected chi connectivity index (χ3v) is 2.93. The van der Waals surface area contributed by atoms with E-state index in [0.717, 1.165) is 32.1 Å². The zero-order valence-electron chi connectivity index (χ0n) is 12.1. The Hall–Kier alpha value is -0.860. The van der Waals surface area contributed by atoms with E-state index in [-0.39, 0.29) is 0 Å². The van der Waals surface area contributed by atoms with Crippen LogP contribution in [0.5, 0.6) is 0 Å². The minimum atomic E-state index is 0.742. The first-order chi connectivity index (χ1) is 8.68. The molecule has 0 bridgehead atoms. The molecule has 2 nitrogen and oxygen atoms in total. The molecule has 18 heavy (non-hydrogen) atoms. The van der Waals surface area contributed by atoms with E-state index in [1.807, 2.05) is 0 Å². The molecule has 0 fully saturated rings. The molecule has 0 aliphatic carbocycles. The molecule has 102 valence electrons. The lowest BCUT2D eigenvalue weighted by atomic mass is 10.1. The van der Waals surface area contributed by atoms with Crippen molar-refractivity contribution in [1.29, 1.82) is 0 Å². The van der Waals surface area contributed by atoms with E-state index < -0.39 is 0 Å². The highest BCUT2D eigenvalue weighted by Crippen LogP contribution is 2.05.